The number of para-hydroxylation sites is 1. The number of ketones is 1. The number of hydrogen-bond donors (Lipinski definition) is 0. The number of halogens is 4. The number of nitrogens with zero attached hydrogens (tertiary/aromatic N) is 2. The average Bonchev–Trinajstić information content (AvgIpc) is 3.43. The van der Waals surface area contributed by atoms with Crippen LogP contribution in [0.3, 0.4) is 0 Å². The molecule has 0 amide bonds. The molecule has 0 atom stereocenters. The van der Waals surface area contributed by atoms with Crippen molar-refractivity contribution in [2.45, 2.75) is 39.7 Å². The summed E-state index contributed by atoms with van der Waals surface area (Å²) in [5, 5.41) is 6.83. The van der Waals surface area contributed by atoms with E-state index in [-0.39, 0.29) is 36.0 Å². The second-order valence-corrected chi connectivity index (χ2v) is 12.1. The Kier molecular flexibility index (Phi) is 10.1. The van der Waals surface area contributed by atoms with Gasteiger partial charge in [-0.05, 0) is 48.2 Å². The molecule has 0 radical (unpaired) electrons. The van der Waals surface area contributed by atoms with Crippen LogP contribution in [-0.4, -0.2) is 53.6 Å². The monoisotopic (exact) mass is 712 g/mol. The number of ether oxygens (including phenoxy) is 2. The number of fused-ring (bicyclic) bond motifs is 5. The van der Waals surface area contributed by atoms with Gasteiger partial charge >= 0.3 is 24.3 Å². The molecule has 0 unspecified atom stereocenters. The first-order valence-electron chi connectivity index (χ1n) is 16.2. The number of alkyl halides is 4. The SMILES string of the molecule is CC(=O)OCCn1c2ccc(C(=NOC(C)=O)c3ccccc3OCC(F)(F)C(F)F)cc2c2cc(C(=O)c3ccccc3C)c3ccccc3c21. The summed E-state index contributed by atoms with van der Waals surface area (Å²) >= 11 is 0. The van der Waals surface area contributed by atoms with Gasteiger partial charge in [0.05, 0.1) is 12.1 Å². The van der Waals surface area contributed by atoms with E-state index < -0.39 is 30.9 Å². The maximum Gasteiger partial charge on any atom is 0.340 e. The number of carbonyl (C=O) groups excluding carboxylic acids is 3. The smallest absolute Gasteiger partial charge is 0.340 e. The van der Waals surface area contributed by atoms with E-state index in [0.29, 0.717) is 38.4 Å². The van der Waals surface area contributed by atoms with E-state index in [9.17, 15) is 31.9 Å². The summed E-state index contributed by atoms with van der Waals surface area (Å²) < 4.78 is 66.3. The van der Waals surface area contributed by atoms with Crippen molar-refractivity contribution in [2.24, 2.45) is 5.16 Å². The topological polar surface area (TPSA) is 96.2 Å². The van der Waals surface area contributed by atoms with Crippen molar-refractivity contribution < 1.29 is 46.3 Å². The summed E-state index contributed by atoms with van der Waals surface area (Å²) in [7, 11) is 0. The van der Waals surface area contributed by atoms with Crippen LogP contribution >= 0.6 is 0 Å². The molecule has 0 aliphatic carbocycles. The van der Waals surface area contributed by atoms with E-state index >= 15 is 0 Å². The Hall–Kier alpha value is -6.04. The molecule has 0 aliphatic rings. The van der Waals surface area contributed by atoms with Crippen LogP contribution in [0.2, 0.25) is 0 Å². The third kappa shape index (κ3) is 7.09. The lowest BCUT2D eigenvalue weighted by Gasteiger charge is -2.18. The molecule has 12 heteroatoms. The molecule has 0 spiro atoms. The van der Waals surface area contributed by atoms with Crippen molar-refractivity contribution in [2.75, 3.05) is 13.2 Å². The second-order valence-electron chi connectivity index (χ2n) is 12.1. The predicted octanol–water partition coefficient (Wildman–Crippen LogP) is 8.64. The Balaban J connectivity index is 1.60. The van der Waals surface area contributed by atoms with Gasteiger partial charge in [-0.1, -0.05) is 71.9 Å². The van der Waals surface area contributed by atoms with Crippen molar-refractivity contribution in [1.29, 1.82) is 0 Å². The summed E-state index contributed by atoms with van der Waals surface area (Å²) in [6.07, 6.45) is -3.95. The van der Waals surface area contributed by atoms with Gasteiger partial charge < -0.3 is 18.9 Å². The van der Waals surface area contributed by atoms with E-state index in [1.165, 1.54) is 25.1 Å². The minimum Gasteiger partial charge on any atom is -0.486 e. The van der Waals surface area contributed by atoms with Crippen LogP contribution < -0.4 is 4.74 Å². The molecule has 0 N–H and O–H groups in total. The summed E-state index contributed by atoms with van der Waals surface area (Å²) in [6, 6.07) is 27.6. The molecule has 52 heavy (non-hydrogen) atoms. The summed E-state index contributed by atoms with van der Waals surface area (Å²) in [5.74, 6) is -6.03. The van der Waals surface area contributed by atoms with E-state index in [2.05, 4.69) is 5.16 Å². The van der Waals surface area contributed by atoms with Crippen LogP contribution in [-0.2, 0) is 25.7 Å². The Labute approximate surface area is 295 Å². The number of hydrogen-bond acceptors (Lipinski definition) is 7. The number of esters is 1. The molecule has 0 saturated carbocycles. The second kappa shape index (κ2) is 14.7. The molecule has 0 bridgehead atoms. The highest BCUT2D eigenvalue weighted by molar-refractivity contribution is 6.27. The maximum absolute atomic E-state index is 14.2. The van der Waals surface area contributed by atoms with Crippen molar-refractivity contribution >= 4 is 56.0 Å². The van der Waals surface area contributed by atoms with Crippen LogP contribution in [0.4, 0.5) is 17.6 Å². The minimum atomic E-state index is -4.43. The molecule has 266 valence electrons. The van der Waals surface area contributed by atoms with Gasteiger partial charge in [-0.25, -0.2) is 13.6 Å². The fraction of sp³-hybridized carbons (Fsp3) is 0.200. The molecule has 6 aromatic rings. The van der Waals surface area contributed by atoms with Crippen molar-refractivity contribution in [3.63, 3.8) is 0 Å². The molecule has 6 rings (SSSR count). The van der Waals surface area contributed by atoms with Crippen LogP contribution in [0.25, 0.3) is 32.6 Å². The first-order chi connectivity index (χ1) is 24.9. The molecular weight excluding hydrogens is 680 g/mol. The number of aromatic nitrogens is 1. The Morgan fingerprint density at radius 2 is 1.44 bits per heavy atom. The zero-order chi connectivity index (χ0) is 37.2. The molecule has 1 aromatic heterocycles. The lowest BCUT2D eigenvalue weighted by molar-refractivity contribution is -0.148. The maximum atomic E-state index is 14.2. The number of aryl methyl sites for hydroxylation is 1. The Morgan fingerprint density at radius 1 is 0.769 bits per heavy atom. The number of rotatable bonds is 12. The van der Waals surface area contributed by atoms with Crippen LogP contribution in [0.15, 0.2) is 102 Å². The molecule has 0 fully saturated rings. The highest BCUT2D eigenvalue weighted by atomic mass is 19.3. The Morgan fingerprint density at radius 3 is 2.13 bits per heavy atom. The van der Waals surface area contributed by atoms with E-state index in [1.54, 1.807) is 36.4 Å². The van der Waals surface area contributed by atoms with E-state index in [0.717, 1.165) is 23.4 Å². The van der Waals surface area contributed by atoms with Gasteiger partial charge in [0.15, 0.2) is 12.4 Å². The fourth-order valence-electron chi connectivity index (χ4n) is 6.18. The molecule has 8 nitrogen and oxygen atoms in total. The normalized spacial score (nSPS) is 12.1. The summed E-state index contributed by atoms with van der Waals surface area (Å²) in [4.78, 5) is 42.8. The highest BCUT2D eigenvalue weighted by Crippen LogP contribution is 2.38. The Bertz CT molecular complexity index is 2380. The van der Waals surface area contributed by atoms with Gasteiger partial charge in [-0.3, -0.25) is 9.59 Å². The van der Waals surface area contributed by atoms with Crippen LogP contribution in [0, 0.1) is 6.92 Å². The quantitative estimate of drug-likeness (QED) is 0.0315. The summed E-state index contributed by atoms with van der Waals surface area (Å²) in [6.45, 7) is 3.02. The first-order valence-corrected chi connectivity index (χ1v) is 16.2. The first kappa shape index (κ1) is 35.8. The van der Waals surface area contributed by atoms with Gasteiger partial charge in [0.1, 0.15) is 18.1 Å². The third-order valence-corrected chi connectivity index (χ3v) is 8.54. The number of benzene rings is 5. The van der Waals surface area contributed by atoms with Crippen molar-refractivity contribution in [3.8, 4) is 5.75 Å². The van der Waals surface area contributed by atoms with Gasteiger partial charge in [0.25, 0.3) is 0 Å². The third-order valence-electron chi connectivity index (χ3n) is 8.54. The molecule has 5 aromatic carbocycles. The minimum absolute atomic E-state index is 0.00845. The zero-order valence-corrected chi connectivity index (χ0v) is 28.3. The van der Waals surface area contributed by atoms with Gasteiger partial charge in [-0.2, -0.15) is 8.78 Å². The van der Waals surface area contributed by atoms with E-state index in [4.69, 9.17) is 14.3 Å². The highest BCUT2D eigenvalue weighted by Gasteiger charge is 2.42. The average molecular weight is 713 g/mol. The largest absolute Gasteiger partial charge is 0.486 e. The van der Waals surface area contributed by atoms with Gasteiger partial charge in [0.2, 0.25) is 0 Å². The van der Waals surface area contributed by atoms with Crippen molar-refractivity contribution in [1.82, 2.24) is 4.57 Å². The standard InChI is InChI=1S/C40H32F4N2O6/c1-23-10-4-5-11-27(23)38(49)33-21-32-31-20-26(16-17-34(31)46(18-19-50-24(2)47)37(32)29-13-7-6-12-28(29)33)36(45-52-25(3)48)30-14-8-9-15-35(30)51-22-40(43,44)39(41)42/h4-17,20-21,39H,18-19,22H2,1-3H3. The fourth-order valence-corrected chi connectivity index (χ4v) is 6.18. The lowest BCUT2D eigenvalue weighted by atomic mass is 9.92. The van der Waals surface area contributed by atoms with Crippen LogP contribution in [0.5, 0.6) is 5.75 Å². The molecule has 0 aliphatic heterocycles. The number of carbonyl (C=O) groups is 3. The summed E-state index contributed by atoms with van der Waals surface area (Å²) in [5.41, 5.74) is 3.69. The van der Waals surface area contributed by atoms with Crippen LogP contribution in [0.1, 0.15) is 46.5 Å². The van der Waals surface area contributed by atoms with E-state index in [1.807, 2.05) is 54.0 Å². The van der Waals surface area contributed by atoms with Gasteiger partial charge in [0, 0.05) is 57.8 Å². The molecule has 1 heterocycles. The van der Waals surface area contributed by atoms with Crippen molar-refractivity contribution in [3.05, 3.63) is 125 Å². The zero-order valence-electron chi connectivity index (χ0n) is 28.3. The molecular formula is C40H32F4N2O6. The number of oxime groups is 1. The lowest BCUT2D eigenvalue weighted by Crippen LogP contribution is -2.34. The molecule has 0 saturated heterocycles. The van der Waals surface area contributed by atoms with Gasteiger partial charge in [-0.15, -0.1) is 0 Å². The predicted molar refractivity (Wildman–Crippen MR) is 188 cm³/mol.